The molecule has 5 N–H and O–H groups in total. The highest BCUT2D eigenvalue weighted by atomic mass is 16.2. The van der Waals surface area contributed by atoms with Crippen LogP contribution in [0.25, 0.3) is 10.8 Å². The zero-order valence-corrected chi connectivity index (χ0v) is 19.7. The summed E-state index contributed by atoms with van der Waals surface area (Å²) in [6.45, 7) is 2.63. The largest absolute Gasteiger partial charge is 0.327 e. The molecule has 0 spiro atoms. The maximum absolute atomic E-state index is 13.8. The summed E-state index contributed by atoms with van der Waals surface area (Å²) in [5.74, 6) is 0.395. The molecule has 0 aliphatic carbocycles. The van der Waals surface area contributed by atoms with Crippen molar-refractivity contribution >= 4 is 16.7 Å². The molecule has 0 unspecified atom stereocenters. The second kappa shape index (κ2) is 11.9. The van der Waals surface area contributed by atoms with Gasteiger partial charge in [0.2, 0.25) is 0 Å². The van der Waals surface area contributed by atoms with Gasteiger partial charge in [0.25, 0.3) is 5.91 Å². The molecule has 0 radical (unpaired) electrons. The van der Waals surface area contributed by atoms with E-state index >= 15 is 0 Å². The molecule has 0 aliphatic heterocycles. The zero-order chi connectivity index (χ0) is 24.5. The molecule has 4 aromatic rings. The topological polar surface area (TPSA) is 95.3 Å². The first-order valence-electron chi connectivity index (χ1n) is 11.6. The Labute approximate surface area is 205 Å². The highest BCUT2D eigenvalue weighted by Crippen LogP contribution is 2.19. The quantitative estimate of drug-likeness (QED) is 0.264. The van der Waals surface area contributed by atoms with Crippen LogP contribution in [0.5, 0.6) is 0 Å². The van der Waals surface area contributed by atoms with Crippen LogP contribution < -0.4 is 22.1 Å². The molecule has 35 heavy (non-hydrogen) atoms. The van der Waals surface area contributed by atoms with E-state index in [2.05, 4.69) is 21.4 Å². The van der Waals surface area contributed by atoms with Gasteiger partial charge in [-0.1, -0.05) is 66.7 Å². The van der Waals surface area contributed by atoms with E-state index in [1.54, 1.807) is 23.4 Å². The molecule has 0 aliphatic rings. The number of amides is 1. The lowest BCUT2D eigenvalue weighted by Gasteiger charge is -2.28. The number of nitrogens with zero attached hydrogens (tertiary/aromatic N) is 2. The van der Waals surface area contributed by atoms with Gasteiger partial charge in [0.05, 0.1) is 6.54 Å². The van der Waals surface area contributed by atoms with Gasteiger partial charge in [-0.25, -0.2) is 5.43 Å². The minimum atomic E-state index is -0.148. The van der Waals surface area contributed by atoms with Gasteiger partial charge in [0.15, 0.2) is 0 Å². The summed E-state index contributed by atoms with van der Waals surface area (Å²) >= 11 is 0. The van der Waals surface area contributed by atoms with E-state index in [0.717, 1.165) is 21.9 Å². The van der Waals surface area contributed by atoms with Crippen LogP contribution in [-0.2, 0) is 6.54 Å². The van der Waals surface area contributed by atoms with Crippen LogP contribution in [0.4, 0.5) is 0 Å². The summed E-state index contributed by atoms with van der Waals surface area (Å²) < 4.78 is 0. The van der Waals surface area contributed by atoms with Gasteiger partial charge in [0, 0.05) is 30.5 Å². The average Bonchev–Trinajstić information content (AvgIpc) is 2.91. The van der Waals surface area contributed by atoms with Crippen molar-refractivity contribution in [1.29, 1.82) is 0 Å². The predicted octanol–water partition coefficient (Wildman–Crippen LogP) is 4.04. The average molecular weight is 467 g/mol. The SMILES string of the molecule is C[C@H](NNN/C(=C\CN)N(Cc1cccnc1)C(=O)c1ccc2ccccc2c1)c1ccccc1. The lowest BCUT2D eigenvalue weighted by Crippen LogP contribution is -2.49. The molecular formula is C28H30N6O. The van der Waals surface area contributed by atoms with Crippen LogP contribution in [0.1, 0.15) is 34.5 Å². The van der Waals surface area contributed by atoms with Crippen molar-refractivity contribution in [1.82, 2.24) is 26.3 Å². The maximum Gasteiger partial charge on any atom is 0.259 e. The minimum absolute atomic E-state index is 0.0331. The number of benzene rings is 3. The fourth-order valence-corrected chi connectivity index (χ4v) is 3.79. The van der Waals surface area contributed by atoms with Crippen molar-refractivity contribution in [3.05, 3.63) is 126 Å². The van der Waals surface area contributed by atoms with E-state index in [9.17, 15) is 4.79 Å². The van der Waals surface area contributed by atoms with Crippen molar-refractivity contribution in [3.63, 3.8) is 0 Å². The summed E-state index contributed by atoms with van der Waals surface area (Å²) in [7, 11) is 0. The van der Waals surface area contributed by atoms with Crippen LogP contribution in [0.3, 0.4) is 0 Å². The Morgan fingerprint density at radius 3 is 2.51 bits per heavy atom. The summed E-state index contributed by atoms with van der Waals surface area (Å²) in [6.07, 6.45) is 5.24. The van der Waals surface area contributed by atoms with Gasteiger partial charge < -0.3 is 5.73 Å². The Morgan fingerprint density at radius 1 is 1.00 bits per heavy atom. The maximum atomic E-state index is 13.8. The van der Waals surface area contributed by atoms with Gasteiger partial charge in [0.1, 0.15) is 5.82 Å². The van der Waals surface area contributed by atoms with Gasteiger partial charge in [-0.3, -0.25) is 20.1 Å². The molecule has 4 rings (SSSR count). The van der Waals surface area contributed by atoms with Crippen molar-refractivity contribution in [2.75, 3.05) is 6.54 Å². The Bertz CT molecular complexity index is 1280. The number of hydrogen-bond acceptors (Lipinski definition) is 6. The van der Waals surface area contributed by atoms with E-state index in [0.29, 0.717) is 17.9 Å². The van der Waals surface area contributed by atoms with Gasteiger partial charge in [-0.2, -0.15) is 5.53 Å². The molecule has 7 heteroatoms. The van der Waals surface area contributed by atoms with E-state index < -0.39 is 0 Å². The summed E-state index contributed by atoms with van der Waals surface area (Å²) in [5.41, 5.74) is 17.9. The Kier molecular flexibility index (Phi) is 8.19. The molecule has 0 saturated carbocycles. The normalized spacial score (nSPS) is 12.3. The first kappa shape index (κ1) is 24.1. The Morgan fingerprint density at radius 2 is 1.77 bits per heavy atom. The second-order valence-corrected chi connectivity index (χ2v) is 8.17. The monoisotopic (exact) mass is 466 g/mol. The number of aromatic nitrogens is 1. The summed E-state index contributed by atoms with van der Waals surface area (Å²) in [5, 5.41) is 2.09. The molecule has 0 saturated heterocycles. The Balaban J connectivity index is 1.57. The van der Waals surface area contributed by atoms with Crippen molar-refractivity contribution in [2.45, 2.75) is 19.5 Å². The molecule has 1 amide bonds. The molecule has 3 aromatic carbocycles. The van der Waals surface area contributed by atoms with Crippen LogP contribution in [-0.4, -0.2) is 22.3 Å². The third-order valence-electron chi connectivity index (χ3n) is 5.69. The predicted molar refractivity (Wildman–Crippen MR) is 139 cm³/mol. The number of fused-ring (bicyclic) bond motifs is 1. The first-order valence-corrected chi connectivity index (χ1v) is 11.6. The molecular weight excluding hydrogens is 436 g/mol. The second-order valence-electron chi connectivity index (χ2n) is 8.17. The van der Waals surface area contributed by atoms with Crippen LogP contribution >= 0.6 is 0 Å². The number of carbonyl (C=O) groups is 1. The fourth-order valence-electron chi connectivity index (χ4n) is 3.79. The number of nitrogens with two attached hydrogens (primary N) is 1. The zero-order valence-electron chi connectivity index (χ0n) is 19.7. The summed E-state index contributed by atoms with van der Waals surface area (Å²) in [6, 6.07) is 27.6. The highest BCUT2D eigenvalue weighted by Gasteiger charge is 2.21. The standard InChI is InChI=1S/C28H30N6O/c1-21(23-9-3-2-4-10-23)31-33-32-27(15-16-29)34(20-22-8-7-17-30-19-22)28(35)26-14-13-24-11-5-6-12-25(24)18-26/h2-15,17-19,21,31-33H,16,20,29H2,1H3/b27-15+/t21-/m0/s1. The van der Waals surface area contributed by atoms with E-state index in [-0.39, 0.29) is 18.5 Å². The molecule has 0 bridgehead atoms. The highest BCUT2D eigenvalue weighted by molar-refractivity contribution is 5.99. The molecule has 1 aromatic heterocycles. The smallest absolute Gasteiger partial charge is 0.259 e. The van der Waals surface area contributed by atoms with Crippen molar-refractivity contribution in [3.8, 4) is 0 Å². The van der Waals surface area contributed by atoms with Gasteiger partial charge >= 0.3 is 0 Å². The van der Waals surface area contributed by atoms with Crippen molar-refractivity contribution in [2.24, 2.45) is 5.73 Å². The third-order valence-corrected chi connectivity index (χ3v) is 5.69. The Hall–Kier alpha value is -4.04. The fraction of sp³-hybridized carbons (Fsp3) is 0.143. The van der Waals surface area contributed by atoms with Gasteiger partial charge in [-0.15, -0.1) is 0 Å². The van der Waals surface area contributed by atoms with E-state index in [1.165, 1.54) is 0 Å². The molecule has 0 fully saturated rings. The van der Waals surface area contributed by atoms with Crippen LogP contribution in [0, 0.1) is 0 Å². The number of nitrogens with one attached hydrogen (secondary N) is 3. The molecule has 1 atom stereocenters. The van der Waals surface area contributed by atoms with Crippen molar-refractivity contribution < 1.29 is 4.79 Å². The molecule has 7 nitrogen and oxygen atoms in total. The molecule has 1 heterocycles. The minimum Gasteiger partial charge on any atom is -0.327 e. The van der Waals surface area contributed by atoms with Gasteiger partial charge in [-0.05, 0) is 53.1 Å². The molecule has 178 valence electrons. The number of hydrogen-bond donors (Lipinski definition) is 4. The van der Waals surface area contributed by atoms with Crippen LogP contribution in [0.15, 0.2) is 109 Å². The number of pyridine rings is 1. The van der Waals surface area contributed by atoms with E-state index in [1.807, 2.05) is 91.9 Å². The van der Waals surface area contributed by atoms with E-state index in [4.69, 9.17) is 5.73 Å². The first-order chi connectivity index (χ1) is 17.2. The number of hydrazine groups is 2. The third kappa shape index (κ3) is 6.30. The number of rotatable bonds is 10. The summed E-state index contributed by atoms with van der Waals surface area (Å²) in [4.78, 5) is 19.6. The lowest BCUT2D eigenvalue weighted by atomic mass is 10.1. The van der Waals surface area contributed by atoms with Crippen LogP contribution in [0.2, 0.25) is 0 Å². The lowest BCUT2D eigenvalue weighted by molar-refractivity contribution is 0.0778. The number of carbonyl (C=O) groups excluding carboxylic acids is 1.